The van der Waals surface area contributed by atoms with Crippen molar-refractivity contribution < 1.29 is 4.74 Å². The Hall–Kier alpha value is -0.0800. The number of nitrogens with two attached hydrogens (primary N) is 1. The minimum Gasteiger partial charge on any atom is -0.380 e. The molecule has 0 heterocycles. The molecule has 0 amide bonds. The molecule has 4 bridgehead atoms. The maximum absolute atomic E-state index is 6.55. The molecule has 4 aliphatic rings. The summed E-state index contributed by atoms with van der Waals surface area (Å²) in [5, 5.41) is 0. The molecule has 2 nitrogen and oxygen atoms in total. The first kappa shape index (κ1) is 12.9. The van der Waals surface area contributed by atoms with Crippen LogP contribution in [-0.2, 0) is 4.74 Å². The van der Waals surface area contributed by atoms with Gasteiger partial charge in [-0.1, -0.05) is 13.8 Å². The van der Waals surface area contributed by atoms with Crippen molar-refractivity contribution in [3.8, 4) is 0 Å². The Labute approximate surface area is 112 Å². The molecule has 3 unspecified atom stereocenters. The molecule has 4 saturated carbocycles. The number of hydrogen-bond acceptors (Lipinski definition) is 2. The highest BCUT2D eigenvalue weighted by atomic mass is 16.5. The molecule has 3 atom stereocenters. The van der Waals surface area contributed by atoms with Crippen LogP contribution < -0.4 is 5.73 Å². The van der Waals surface area contributed by atoms with Gasteiger partial charge in [0, 0.05) is 12.6 Å². The first-order valence-corrected chi connectivity index (χ1v) is 7.89. The van der Waals surface area contributed by atoms with Gasteiger partial charge in [-0.25, -0.2) is 0 Å². The third-order valence-electron chi connectivity index (χ3n) is 5.83. The van der Waals surface area contributed by atoms with Crippen LogP contribution >= 0.6 is 0 Å². The number of ether oxygens (including phenoxy) is 1. The molecule has 0 aromatic carbocycles. The fourth-order valence-corrected chi connectivity index (χ4v) is 5.76. The summed E-state index contributed by atoms with van der Waals surface area (Å²) in [6, 6.07) is 0.272. The van der Waals surface area contributed by atoms with E-state index in [0.29, 0.717) is 10.8 Å². The minimum absolute atomic E-state index is 0.272. The van der Waals surface area contributed by atoms with Crippen molar-refractivity contribution >= 4 is 0 Å². The second-order valence-corrected chi connectivity index (χ2v) is 7.82. The maximum Gasteiger partial charge on any atom is 0.0622 e. The van der Waals surface area contributed by atoms with Crippen molar-refractivity contribution in [3.63, 3.8) is 0 Å². The largest absolute Gasteiger partial charge is 0.380 e. The fraction of sp³-hybridized carbons (Fsp3) is 1.00. The lowest BCUT2D eigenvalue weighted by Crippen LogP contribution is -2.58. The van der Waals surface area contributed by atoms with Gasteiger partial charge >= 0.3 is 0 Å². The first-order chi connectivity index (χ1) is 8.55. The first-order valence-electron chi connectivity index (χ1n) is 7.89. The summed E-state index contributed by atoms with van der Waals surface area (Å²) in [5.41, 5.74) is 7.57. The Bertz CT molecular complexity index is 300. The van der Waals surface area contributed by atoms with E-state index in [1.54, 1.807) is 0 Å². The third kappa shape index (κ3) is 2.12. The molecule has 4 rings (SSSR count). The summed E-state index contributed by atoms with van der Waals surface area (Å²) in [6.07, 6.45) is 9.65. The van der Waals surface area contributed by atoms with Crippen molar-refractivity contribution in [3.05, 3.63) is 0 Å². The van der Waals surface area contributed by atoms with E-state index >= 15 is 0 Å². The molecule has 2 N–H and O–H groups in total. The molecule has 2 heteroatoms. The van der Waals surface area contributed by atoms with E-state index in [2.05, 4.69) is 13.8 Å². The Morgan fingerprint density at radius 1 is 1.22 bits per heavy atom. The summed E-state index contributed by atoms with van der Waals surface area (Å²) < 4.78 is 5.74. The highest BCUT2D eigenvalue weighted by molar-refractivity contribution is 5.09. The van der Waals surface area contributed by atoms with Gasteiger partial charge < -0.3 is 10.5 Å². The van der Waals surface area contributed by atoms with Crippen LogP contribution in [0.5, 0.6) is 0 Å². The summed E-state index contributed by atoms with van der Waals surface area (Å²) in [4.78, 5) is 0. The summed E-state index contributed by atoms with van der Waals surface area (Å²) in [6.45, 7) is 6.33. The standard InChI is InChI=1S/C16H29NO/c1-3-4-18-10-14(17)16-8-12-5-13(9-16)7-15(2,6-12)11-16/h12-14H,3-11,17H2,1-2H3. The Balaban J connectivity index is 1.70. The monoisotopic (exact) mass is 251 g/mol. The second kappa shape index (κ2) is 4.49. The molecular weight excluding hydrogens is 222 g/mol. The zero-order valence-electron chi connectivity index (χ0n) is 12.1. The van der Waals surface area contributed by atoms with Gasteiger partial charge in [0.15, 0.2) is 0 Å². The van der Waals surface area contributed by atoms with E-state index < -0.39 is 0 Å². The van der Waals surface area contributed by atoms with E-state index in [1.807, 2.05) is 0 Å². The highest BCUT2D eigenvalue weighted by Crippen LogP contribution is 2.65. The average Bonchev–Trinajstić information content (AvgIpc) is 2.25. The van der Waals surface area contributed by atoms with Crippen LogP contribution in [0, 0.1) is 22.7 Å². The van der Waals surface area contributed by atoms with E-state index in [1.165, 1.54) is 38.5 Å². The molecule has 0 aromatic rings. The smallest absolute Gasteiger partial charge is 0.0622 e. The lowest BCUT2D eigenvalue weighted by molar-refractivity contribution is -0.121. The Morgan fingerprint density at radius 3 is 2.44 bits per heavy atom. The summed E-state index contributed by atoms with van der Waals surface area (Å²) in [7, 11) is 0. The lowest BCUT2D eigenvalue weighted by atomic mass is 9.43. The van der Waals surface area contributed by atoms with Crippen LogP contribution in [-0.4, -0.2) is 19.3 Å². The SMILES string of the molecule is CCCOCC(N)C12CC3CC(CC(C)(C3)C1)C2. The van der Waals surface area contributed by atoms with Crippen LogP contribution in [0.1, 0.15) is 58.8 Å². The molecule has 18 heavy (non-hydrogen) atoms. The van der Waals surface area contributed by atoms with Gasteiger partial charge in [0.05, 0.1) is 6.61 Å². The maximum atomic E-state index is 6.55. The van der Waals surface area contributed by atoms with Crippen LogP contribution in [0.4, 0.5) is 0 Å². The van der Waals surface area contributed by atoms with E-state index in [9.17, 15) is 0 Å². The quantitative estimate of drug-likeness (QED) is 0.761. The topological polar surface area (TPSA) is 35.2 Å². The molecule has 0 aromatic heterocycles. The van der Waals surface area contributed by atoms with Gasteiger partial charge in [0.25, 0.3) is 0 Å². The van der Waals surface area contributed by atoms with Gasteiger partial charge in [-0.2, -0.15) is 0 Å². The molecule has 4 aliphatic carbocycles. The van der Waals surface area contributed by atoms with Gasteiger partial charge in [0.1, 0.15) is 0 Å². The highest BCUT2D eigenvalue weighted by Gasteiger charge is 2.57. The normalized spacial score (nSPS) is 47.5. The van der Waals surface area contributed by atoms with Crippen LogP contribution in [0.25, 0.3) is 0 Å². The van der Waals surface area contributed by atoms with Crippen molar-refractivity contribution in [2.24, 2.45) is 28.4 Å². The summed E-state index contributed by atoms with van der Waals surface area (Å²) >= 11 is 0. The molecule has 0 radical (unpaired) electrons. The van der Waals surface area contributed by atoms with E-state index in [0.717, 1.165) is 31.5 Å². The zero-order chi connectivity index (χ0) is 12.8. The van der Waals surface area contributed by atoms with Crippen LogP contribution in [0.15, 0.2) is 0 Å². The van der Waals surface area contributed by atoms with Gasteiger partial charge in [-0.05, 0) is 67.6 Å². The molecule has 104 valence electrons. The fourth-order valence-electron chi connectivity index (χ4n) is 5.76. The Morgan fingerprint density at radius 2 is 1.89 bits per heavy atom. The predicted octanol–water partition coefficient (Wildman–Crippen LogP) is 3.35. The predicted molar refractivity (Wildman–Crippen MR) is 74.3 cm³/mol. The van der Waals surface area contributed by atoms with Crippen molar-refractivity contribution in [2.45, 2.75) is 64.8 Å². The van der Waals surface area contributed by atoms with Crippen LogP contribution in [0.3, 0.4) is 0 Å². The molecule has 4 fully saturated rings. The van der Waals surface area contributed by atoms with E-state index in [-0.39, 0.29) is 6.04 Å². The minimum atomic E-state index is 0.272. The number of rotatable bonds is 5. The van der Waals surface area contributed by atoms with Gasteiger partial charge in [0.2, 0.25) is 0 Å². The van der Waals surface area contributed by atoms with E-state index in [4.69, 9.17) is 10.5 Å². The molecule has 0 aliphatic heterocycles. The van der Waals surface area contributed by atoms with Crippen LogP contribution in [0.2, 0.25) is 0 Å². The zero-order valence-corrected chi connectivity index (χ0v) is 12.1. The van der Waals surface area contributed by atoms with Crippen molar-refractivity contribution in [2.75, 3.05) is 13.2 Å². The van der Waals surface area contributed by atoms with Gasteiger partial charge in [-0.15, -0.1) is 0 Å². The third-order valence-corrected chi connectivity index (χ3v) is 5.83. The summed E-state index contributed by atoms with van der Waals surface area (Å²) in [5.74, 6) is 1.93. The van der Waals surface area contributed by atoms with Crippen molar-refractivity contribution in [1.82, 2.24) is 0 Å². The Kier molecular flexibility index (Phi) is 3.22. The lowest BCUT2D eigenvalue weighted by Gasteiger charge is -2.63. The van der Waals surface area contributed by atoms with Gasteiger partial charge in [-0.3, -0.25) is 0 Å². The molecule has 0 saturated heterocycles. The van der Waals surface area contributed by atoms with Crippen molar-refractivity contribution in [1.29, 1.82) is 0 Å². The molecule has 0 spiro atoms. The second-order valence-electron chi connectivity index (χ2n) is 7.82. The average molecular weight is 251 g/mol. The molecular formula is C16H29NO. The number of hydrogen-bond donors (Lipinski definition) is 1.